The second-order valence-corrected chi connectivity index (χ2v) is 4.30. The van der Waals surface area contributed by atoms with Crippen LogP contribution in [0.15, 0.2) is 42.5 Å². The van der Waals surface area contributed by atoms with E-state index < -0.39 is 0 Å². The third-order valence-electron chi connectivity index (χ3n) is 2.72. The minimum absolute atomic E-state index is 1.10. The van der Waals surface area contributed by atoms with Gasteiger partial charge in [-0.05, 0) is 38.0 Å². The molecule has 0 heteroatoms. The molecule has 0 unspecified atom stereocenters. The van der Waals surface area contributed by atoms with Gasteiger partial charge >= 0.3 is 0 Å². The molecule has 0 fully saturated rings. The van der Waals surface area contributed by atoms with Crippen LogP contribution >= 0.6 is 0 Å². The first-order valence-electron chi connectivity index (χ1n) is 5.81. The van der Waals surface area contributed by atoms with Gasteiger partial charge in [-0.3, -0.25) is 0 Å². The van der Waals surface area contributed by atoms with Crippen LogP contribution < -0.4 is 0 Å². The standard InChI is InChI=1S/C17H16/c1-4-7-15-8-5-6-9-17(15)16-11-13(2)10-14(3)12-16/h5-6,8-12H,1-3H3. The van der Waals surface area contributed by atoms with E-state index in [4.69, 9.17) is 0 Å². The lowest BCUT2D eigenvalue weighted by atomic mass is 9.97. The molecule has 2 rings (SSSR count). The summed E-state index contributed by atoms with van der Waals surface area (Å²) in [5.74, 6) is 6.14. The summed E-state index contributed by atoms with van der Waals surface area (Å²) in [6.45, 7) is 6.13. The monoisotopic (exact) mass is 220 g/mol. The lowest BCUT2D eigenvalue weighted by Gasteiger charge is -2.07. The Kier molecular flexibility index (Phi) is 3.30. The Labute approximate surface area is 103 Å². The maximum Gasteiger partial charge on any atom is 0.0323 e. The lowest BCUT2D eigenvalue weighted by molar-refractivity contribution is 1.38. The fraction of sp³-hybridized carbons (Fsp3) is 0.176. The van der Waals surface area contributed by atoms with Gasteiger partial charge in [0.15, 0.2) is 0 Å². The van der Waals surface area contributed by atoms with E-state index in [0.717, 1.165) is 5.56 Å². The van der Waals surface area contributed by atoms with Gasteiger partial charge in [-0.2, -0.15) is 0 Å². The molecule has 0 atom stereocenters. The minimum atomic E-state index is 1.10. The van der Waals surface area contributed by atoms with Gasteiger partial charge in [-0.1, -0.05) is 53.4 Å². The quantitative estimate of drug-likeness (QED) is 0.627. The van der Waals surface area contributed by atoms with Crippen molar-refractivity contribution in [3.63, 3.8) is 0 Å². The lowest BCUT2D eigenvalue weighted by Crippen LogP contribution is -1.86. The predicted octanol–water partition coefficient (Wildman–Crippen LogP) is 4.34. The van der Waals surface area contributed by atoms with Crippen molar-refractivity contribution in [2.45, 2.75) is 20.8 Å². The molecule has 0 spiro atoms. The Bertz CT molecular complexity index is 575. The highest BCUT2D eigenvalue weighted by atomic mass is 14.1. The van der Waals surface area contributed by atoms with Crippen molar-refractivity contribution >= 4 is 0 Å². The van der Waals surface area contributed by atoms with Gasteiger partial charge in [-0.15, -0.1) is 5.92 Å². The average Bonchev–Trinajstić information content (AvgIpc) is 2.29. The molecule has 17 heavy (non-hydrogen) atoms. The second kappa shape index (κ2) is 4.89. The van der Waals surface area contributed by atoms with Crippen molar-refractivity contribution in [2.24, 2.45) is 0 Å². The van der Waals surface area contributed by atoms with Crippen LogP contribution in [0.1, 0.15) is 23.6 Å². The zero-order chi connectivity index (χ0) is 12.3. The number of rotatable bonds is 1. The molecule has 0 amide bonds. The van der Waals surface area contributed by atoms with Crippen LogP contribution in [-0.4, -0.2) is 0 Å². The largest absolute Gasteiger partial charge is 0.101 e. The van der Waals surface area contributed by atoms with Crippen LogP contribution in [0.25, 0.3) is 11.1 Å². The molecule has 0 aliphatic heterocycles. The normalized spacial score (nSPS) is 9.59. The number of aryl methyl sites for hydroxylation is 2. The van der Waals surface area contributed by atoms with Gasteiger partial charge in [0.05, 0.1) is 0 Å². The molecule has 0 aliphatic rings. The molecule has 2 aromatic rings. The first-order chi connectivity index (χ1) is 8.20. The Morgan fingerprint density at radius 3 is 2.18 bits per heavy atom. The Balaban J connectivity index is 2.62. The summed E-state index contributed by atoms with van der Waals surface area (Å²) < 4.78 is 0. The third-order valence-corrected chi connectivity index (χ3v) is 2.72. The van der Waals surface area contributed by atoms with Crippen LogP contribution in [-0.2, 0) is 0 Å². The van der Waals surface area contributed by atoms with E-state index in [1.54, 1.807) is 0 Å². The topological polar surface area (TPSA) is 0 Å². The summed E-state index contributed by atoms with van der Waals surface area (Å²) in [4.78, 5) is 0. The van der Waals surface area contributed by atoms with E-state index in [1.165, 1.54) is 22.3 Å². The van der Waals surface area contributed by atoms with Crippen LogP contribution in [0, 0.1) is 25.7 Å². The average molecular weight is 220 g/mol. The summed E-state index contributed by atoms with van der Waals surface area (Å²) in [5.41, 5.74) is 6.15. The highest BCUT2D eigenvalue weighted by Gasteiger charge is 2.03. The van der Waals surface area contributed by atoms with Crippen molar-refractivity contribution in [1.29, 1.82) is 0 Å². The van der Waals surface area contributed by atoms with E-state index in [2.05, 4.69) is 62.1 Å². The van der Waals surface area contributed by atoms with Crippen molar-refractivity contribution in [3.05, 3.63) is 59.2 Å². The predicted molar refractivity (Wildman–Crippen MR) is 73.9 cm³/mol. The van der Waals surface area contributed by atoms with Crippen molar-refractivity contribution < 1.29 is 0 Å². The van der Waals surface area contributed by atoms with Gasteiger partial charge in [0.25, 0.3) is 0 Å². The highest BCUT2D eigenvalue weighted by Crippen LogP contribution is 2.25. The molecular weight excluding hydrogens is 204 g/mol. The van der Waals surface area contributed by atoms with Crippen LogP contribution in [0.5, 0.6) is 0 Å². The maximum absolute atomic E-state index is 3.16. The molecule has 0 saturated heterocycles. The smallest absolute Gasteiger partial charge is 0.0323 e. The molecule has 0 heterocycles. The highest BCUT2D eigenvalue weighted by molar-refractivity contribution is 5.72. The van der Waals surface area contributed by atoms with E-state index in [0.29, 0.717) is 0 Å². The summed E-state index contributed by atoms with van der Waals surface area (Å²) >= 11 is 0. The first kappa shape index (κ1) is 11.5. The molecular formula is C17H16. The molecule has 0 bridgehead atoms. The third kappa shape index (κ3) is 2.57. The maximum atomic E-state index is 3.16. The summed E-state index contributed by atoms with van der Waals surface area (Å²) in [6, 6.07) is 14.9. The van der Waals surface area contributed by atoms with Gasteiger partial charge in [-0.25, -0.2) is 0 Å². The fourth-order valence-electron chi connectivity index (χ4n) is 2.11. The van der Waals surface area contributed by atoms with Crippen molar-refractivity contribution in [3.8, 4) is 23.0 Å². The van der Waals surface area contributed by atoms with Crippen LogP contribution in [0.4, 0.5) is 0 Å². The molecule has 84 valence electrons. The second-order valence-electron chi connectivity index (χ2n) is 4.30. The van der Waals surface area contributed by atoms with Gasteiger partial charge in [0.2, 0.25) is 0 Å². The number of hydrogen-bond acceptors (Lipinski definition) is 0. The summed E-state index contributed by atoms with van der Waals surface area (Å²) in [7, 11) is 0. The van der Waals surface area contributed by atoms with E-state index >= 15 is 0 Å². The molecule has 0 radical (unpaired) electrons. The SMILES string of the molecule is CC#Cc1ccccc1-c1cc(C)cc(C)c1. The van der Waals surface area contributed by atoms with Gasteiger partial charge < -0.3 is 0 Å². The van der Waals surface area contributed by atoms with E-state index in [9.17, 15) is 0 Å². The van der Waals surface area contributed by atoms with Crippen LogP contribution in [0.2, 0.25) is 0 Å². The molecule has 0 aliphatic carbocycles. The molecule has 0 aromatic heterocycles. The van der Waals surface area contributed by atoms with Crippen LogP contribution in [0.3, 0.4) is 0 Å². The molecule has 0 saturated carbocycles. The van der Waals surface area contributed by atoms with Crippen molar-refractivity contribution in [2.75, 3.05) is 0 Å². The first-order valence-corrected chi connectivity index (χ1v) is 5.81. The summed E-state index contributed by atoms with van der Waals surface area (Å²) in [5, 5.41) is 0. The molecule has 0 N–H and O–H groups in total. The molecule has 2 aromatic carbocycles. The summed E-state index contributed by atoms with van der Waals surface area (Å²) in [6.07, 6.45) is 0. The van der Waals surface area contributed by atoms with E-state index in [1.807, 2.05) is 13.0 Å². The zero-order valence-electron chi connectivity index (χ0n) is 10.5. The fourth-order valence-corrected chi connectivity index (χ4v) is 2.11. The minimum Gasteiger partial charge on any atom is -0.101 e. The Morgan fingerprint density at radius 2 is 1.53 bits per heavy atom. The Hall–Kier alpha value is -2.00. The Morgan fingerprint density at radius 1 is 0.882 bits per heavy atom. The number of benzene rings is 2. The van der Waals surface area contributed by atoms with E-state index in [-0.39, 0.29) is 0 Å². The van der Waals surface area contributed by atoms with Gasteiger partial charge in [0, 0.05) is 5.56 Å². The van der Waals surface area contributed by atoms with Crippen molar-refractivity contribution in [1.82, 2.24) is 0 Å². The molecule has 0 nitrogen and oxygen atoms in total. The van der Waals surface area contributed by atoms with Gasteiger partial charge in [0.1, 0.15) is 0 Å². The number of hydrogen-bond donors (Lipinski definition) is 0. The zero-order valence-corrected chi connectivity index (χ0v) is 10.5.